The molecule has 2 fully saturated rings. The molecule has 0 radical (unpaired) electrons. The molecule has 29 heavy (non-hydrogen) atoms. The van der Waals surface area contributed by atoms with Gasteiger partial charge < -0.3 is 0 Å². The summed E-state index contributed by atoms with van der Waals surface area (Å²) < 4.78 is 27.1. The molecule has 1 aliphatic heterocycles. The molecule has 0 unspecified atom stereocenters. The summed E-state index contributed by atoms with van der Waals surface area (Å²) in [6.07, 6.45) is 6.84. The van der Waals surface area contributed by atoms with Gasteiger partial charge in [-0.25, -0.2) is 13.1 Å². The lowest BCUT2D eigenvalue weighted by atomic mass is 9.67. The van der Waals surface area contributed by atoms with Gasteiger partial charge in [0.25, 0.3) is 0 Å². The van der Waals surface area contributed by atoms with Crippen LogP contribution in [0.1, 0.15) is 31.5 Å². The lowest BCUT2D eigenvalue weighted by Gasteiger charge is -2.40. The standard InChI is InChI=1S/C23H25N3O2S/c1-15-11-19-14-29(27,28)26-23(19)21(16(15)2)10-9-20-8-7-18(13-25-20)22-6-4-3-5-17(22)12-24/h3-10,13,15-16,19,21,23,26H,11,14H2,1-2H3/t15-,16+,19-,21-,23+/m0/s1. The summed E-state index contributed by atoms with van der Waals surface area (Å²) in [7, 11) is -3.16. The van der Waals surface area contributed by atoms with Crippen LogP contribution in [0.25, 0.3) is 17.2 Å². The van der Waals surface area contributed by atoms with Gasteiger partial charge in [-0.05, 0) is 48.3 Å². The molecule has 0 spiro atoms. The number of aromatic nitrogens is 1. The topological polar surface area (TPSA) is 82.8 Å². The Hall–Kier alpha value is -2.49. The fourth-order valence-corrected chi connectivity index (χ4v) is 6.51. The average molecular weight is 408 g/mol. The van der Waals surface area contributed by atoms with Gasteiger partial charge >= 0.3 is 0 Å². The second-order valence-electron chi connectivity index (χ2n) is 8.32. The second-order valence-corrected chi connectivity index (χ2v) is 10.1. The molecule has 5 nitrogen and oxygen atoms in total. The van der Waals surface area contributed by atoms with E-state index in [4.69, 9.17) is 0 Å². The molecule has 1 N–H and O–H groups in total. The minimum atomic E-state index is -3.16. The first-order valence-corrected chi connectivity index (χ1v) is 11.7. The fraction of sp³-hybridized carbons (Fsp3) is 0.391. The van der Waals surface area contributed by atoms with Crippen molar-refractivity contribution in [3.8, 4) is 17.2 Å². The Bertz CT molecular complexity index is 1070. The van der Waals surface area contributed by atoms with Gasteiger partial charge in [-0.1, -0.05) is 44.2 Å². The molecule has 150 valence electrons. The van der Waals surface area contributed by atoms with Crippen molar-refractivity contribution in [1.82, 2.24) is 9.71 Å². The minimum absolute atomic E-state index is 0.0239. The number of rotatable bonds is 3. The summed E-state index contributed by atoms with van der Waals surface area (Å²) in [6, 6.07) is 13.6. The molecule has 2 aromatic rings. The van der Waals surface area contributed by atoms with Crippen LogP contribution in [0, 0.1) is 35.0 Å². The summed E-state index contributed by atoms with van der Waals surface area (Å²) in [4.78, 5) is 4.54. The van der Waals surface area contributed by atoms with Crippen LogP contribution in [0.2, 0.25) is 0 Å². The number of hydrogen-bond donors (Lipinski definition) is 1. The van der Waals surface area contributed by atoms with E-state index < -0.39 is 10.0 Å². The molecule has 2 heterocycles. The smallest absolute Gasteiger partial charge is 0.212 e. The van der Waals surface area contributed by atoms with Crippen LogP contribution in [0.15, 0.2) is 48.7 Å². The Morgan fingerprint density at radius 3 is 2.72 bits per heavy atom. The predicted octanol–water partition coefficient (Wildman–Crippen LogP) is 3.84. The largest absolute Gasteiger partial charge is 0.256 e. The highest BCUT2D eigenvalue weighted by Gasteiger charge is 2.47. The van der Waals surface area contributed by atoms with Crippen LogP contribution in [-0.2, 0) is 10.0 Å². The summed E-state index contributed by atoms with van der Waals surface area (Å²) in [5, 5.41) is 9.29. The Balaban J connectivity index is 1.56. The highest BCUT2D eigenvalue weighted by atomic mass is 32.2. The van der Waals surface area contributed by atoms with Crippen molar-refractivity contribution in [3.63, 3.8) is 0 Å². The summed E-state index contributed by atoms with van der Waals surface area (Å²) >= 11 is 0. The number of nitriles is 1. The van der Waals surface area contributed by atoms with Crippen LogP contribution in [0.5, 0.6) is 0 Å². The molecule has 5 atom stereocenters. The third kappa shape index (κ3) is 3.98. The van der Waals surface area contributed by atoms with E-state index in [1.165, 1.54) is 0 Å². The number of sulfonamides is 1. The first-order chi connectivity index (χ1) is 13.9. The van der Waals surface area contributed by atoms with Crippen molar-refractivity contribution in [1.29, 1.82) is 5.26 Å². The number of hydrogen-bond acceptors (Lipinski definition) is 4. The molecule has 4 rings (SSSR count). The van der Waals surface area contributed by atoms with E-state index >= 15 is 0 Å². The monoisotopic (exact) mass is 407 g/mol. The number of nitrogens with zero attached hydrogens (tertiary/aromatic N) is 2. The molecule has 1 saturated carbocycles. The van der Waals surface area contributed by atoms with Gasteiger partial charge in [0.2, 0.25) is 10.0 Å². The first-order valence-electron chi connectivity index (χ1n) is 10.0. The number of fused-ring (bicyclic) bond motifs is 1. The van der Waals surface area contributed by atoms with Gasteiger partial charge in [0.15, 0.2) is 0 Å². The zero-order valence-electron chi connectivity index (χ0n) is 16.6. The molecular weight excluding hydrogens is 382 g/mol. The van der Waals surface area contributed by atoms with Gasteiger partial charge in [0.05, 0.1) is 23.1 Å². The zero-order valence-corrected chi connectivity index (χ0v) is 17.4. The van der Waals surface area contributed by atoms with Gasteiger partial charge in [-0.15, -0.1) is 0 Å². The van der Waals surface area contributed by atoms with E-state index in [9.17, 15) is 13.7 Å². The van der Waals surface area contributed by atoms with Crippen molar-refractivity contribution >= 4 is 16.1 Å². The van der Waals surface area contributed by atoms with Crippen molar-refractivity contribution in [3.05, 3.63) is 59.9 Å². The van der Waals surface area contributed by atoms with Gasteiger partial charge in [0.1, 0.15) is 0 Å². The summed E-state index contributed by atoms with van der Waals surface area (Å²) in [5.41, 5.74) is 3.23. The number of pyridine rings is 1. The van der Waals surface area contributed by atoms with Gasteiger partial charge in [-0.3, -0.25) is 4.98 Å². The first kappa shape index (κ1) is 19.8. The van der Waals surface area contributed by atoms with E-state index in [0.29, 0.717) is 17.4 Å². The quantitative estimate of drug-likeness (QED) is 0.838. The van der Waals surface area contributed by atoms with Crippen LogP contribution in [-0.4, -0.2) is 25.2 Å². The molecule has 1 aliphatic carbocycles. The predicted molar refractivity (Wildman–Crippen MR) is 114 cm³/mol. The van der Waals surface area contributed by atoms with Crippen LogP contribution < -0.4 is 4.72 Å². The summed E-state index contributed by atoms with van der Waals surface area (Å²) in [5.74, 6) is 1.46. The average Bonchev–Trinajstić information content (AvgIpc) is 3.02. The van der Waals surface area contributed by atoms with Crippen LogP contribution >= 0.6 is 0 Å². The lowest BCUT2D eigenvalue weighted by molar-refractivity contribution is 0.143. The van der Waals surface area contributed by atoms with Crippen molar-refractivity contribution in [2.75, 3.05) is 5.75 Å². The maximum absolute atomic E-state index is 12.1. The number of benzene rings is 1. The lowest BCUT2D eigenvalue weighted by Crippen LogP contribution is -2.44. The fourth-order valence-electron chi connectivity index (χ4n) is 4.74. The molecular formula is C23H25N3O2S. The highest BCUT2D eigenvalue weighted by molar-refractivity contribution is 7.89. The third-order valence-corrected chi connectivity index (χ3v) is 7.98. The third-order valence-electron chi connectivity index (χ3n) is 6.48. The van der Waals surface area contributed by atoms with E-state index in [0.717, 1.165) is 23.2 Å². The molecule has 0 amide bonds. The SMILES string of the molecule is C[C@H]1[C@H](C=Cc2ccc(-c3ccccc3C#N)cn2)[C@@H]2NS(=O)(=O)C[C@@H]2C[C@@H]1C. The molecule has 6 heteroatoms. The van der Waals surface area contributed by atoms with E-state index in [1.807, 2.05) is 36.4 Å². The Labute approximate surface area is 172 Å². The Morgan fingerprint density at radius 1 is 1.21 bits per heavy atom. The van der Waals surface area contributed by atoms with Crippen molar-refractivity contribution in [2.45, 2.75) is 26.3 Å². The van der Waals surface area contributed by atoms with Gasteiger partial charge in [-0.2, -0.15) is 5.26 Å². The Morgan fingerprint density at radius 2 is 2.00 bits per heavy atom. The van der Waals surface area contributed by atoms with E-state index in [2.05, 4.69) is 35.7 Å². The van der Waals surface area contributed by atoms with Crippen molar-refractivity contribution in [2.24, 2.45) is 23.7 Å². The number of nitrogens with one attached hydrogen (secondary N) is 1. The van der Waals surface area contributed by atoms with Crippen LogP contribution in [0.3, 0.4) is 0 Å². The highest BCUT2D eigenvalue weighted by Crippen LogP contribution is 2.42. The van der Waals surface area contributed by atoms with Crippen LogP contribution in [0.4, 0.5) is 0 Å². The second kappa shape index (κ2) is 7.74. The van der Waals surface area contributed by atoms with E-state index in [-0.39, 0.29) is 23.6 Å². The van der Waals surface area contributed by atoms with Crippen molar-refractivity contribution < 1.29 is 8.42 Å². The maximum Gasteiger partial charge on any atom is 0.212 e. The molecule has 2 aliphatic rings. The van der Waals surface area contributed by atoms with Gasteiger partial charge in [0, 0.05) is 23.4 Å². The normalized spacial score (nSPS) is 30.7. The molecule has 1 aromatic heterocycles. The van der Waals surface area contributed by atoms with E-state index in [1.54, 1.807) is 12.3 Å². The molecule has 1 saturated heterocycles. The summed E-state index contributed by atoms with van der Waals surface area (Å²) in [6.45, 7) is 4.42. The molecule has 0 bridgehead atoms. The minimum Gasteiger partial charge on any atom is -0.256 e. The maximum atomic E-state index is 12.1. The zero-order chi connectivity index (χ0) is 20.6. The Kier molecular flexibility index (Phi) is 5.28. The molecule has 1 aromatic carbocycles.